The SMILES string of the molecule is C[C@H](C(=O)OCC(F)(F)F)[C@@H](C)C(=O)O. The highest BCUT2D eigenvalue weighted by atomic mass is 19.4. The third-order valence-corrected chi connectivity index (χ3v) is 1.89. The molecular formula is C8H11F3O4. The molecule has 0 fully saturated rings. The van der Waals surface area contributed by atoms with E-state index in [1.165, 1.54) is 13.8 Å². The van der Waals surface area contributed by atoms with Crippen LogP contribution in [-0.2, 0) is 14.3 Å². The van der Waals surface area contributed by atoms with Crippen LogP contribution in [0.25, 0.3) is 0 Å². The van der Waals surface area contributed by atoms with Crippen molar-refractivity contribution < 1.29 is 32.6 Å². The lowest BCUT2D eigenvalue weighted by Gasteiger charge is -2.15. The molecule has 0 aromatic carbocycles. The second-order valence-corrected chi connectivity index (χ2v) is 3.14. The van der Waals surface area contributed by atoms with E-state index < -0.39 is 36.6 Å². The number of hydrogen-bond acceptors (Lipinski definition) is 3. The molecular weight excluding hydrogens is 217 g/mol. The molecule has 0 spiro atoms. The highest BCUT2D eigenvalue weighted by molar-refractivity contribution is 5.80. The van der Waals surface area contributed by atoms with Crippen molar-refractivity contribution in [2.24, 2.45) is 11.8 Å². The van der Waals surface area contributed by atoms with Gasteiger partial charge in [-0.2, -0.15) is 13.2 Å². The Balaban J connectivity index is 4.17. The zero-order valence-electron chi connectivity index (χ0n) is 8.17. The van der Waals surface area contributed by atoms with Crippen LogP contribution in [0.5, 0.6) is 0 Å². The van der Waals surface area contributed by atoms with Crippen LogP contribution in [-0.4, -0.2) is 29.8 Å². The zero-order valence-corrected chi connectivity index (χ0v) is 8.17. The van der Waals surface area contributed by atoms with Crippen LogP contribution in [0.15, 0.2) is 0 Å². The van der Waals surface area contributed by atoms with Crippen LogP contribution in [0.3, 0.4) is 0 Å². The van der Waals surface area contributed by atoms with Gasteiger partial charge in [-0.3, -0.25) is 9.59 Å². The van der Waals surface area contributed by atoms with Gasteiger partial charge in [-0.05, 0) is 0 Å². The quantitative estimate of drug-likeness (QED) is 0.739. The van der Waals surface area contributed by atoms with E-state index in [-0.39, 0.29) is 0 Å². The third-order valence-electron chi connectivity index (χ3n) is 1.89. The number of hydrogen-bond donors (Lipinski definition) is 1. The molecule has 0 aromatic rings. The number of carboxylic acid groups (broad SMARTS) is 1. The second-order valence-electron chi connectivity index (χ2n) is 3.14. The molecule has 0 aromatic heterocycles. The standard InChI is InChI=1S/C8H11F3O4/c1-4(6(12)13)5(2)7(14)15-3-8(9,10)11/h4-5H,3H2,1-2H3,(H,12,13)/t4-,5+/m1/s1. The molecule has 0 bridgehead atoms. The average molecular weight is 228 g/mol. The van der Waals surface area contributed by atoms with Crippen molar-refractivity contribution in [2.45, 2.75) is 20.0 Å². The van der Waals surface area contributed by atoms with Gasteiger partial charge in [0, 0.05) is 0 Å². The highest BCUT2D eigenvalue weighted by Crippen LogP contribution is 2.18. The fourth-order valence-electron chi connectivity index (χ4n) is 0.702. The van der Waals surface area contributed by atoms with Gasteiger partial charge >= 0.3 is 18.1 Å². The van der Waals surface area contributed by atoms with E-state index in [1.807, 2.05) is 0 Å². The normalized spacial score (nSPS) is 15.5. The molecule has 0 radical (unpaired) electrons. The van der Waals surface area contributed by atoms with Crippen molar-refractivity contribution >= 4 is 11.9 Å². The minimum Gasteiger partial charge on any atom is -0.481 e. The summed E-state index contributed by atoms with van der Waals surface area (Å²) < 4.78 is 38.8. The van der Waals surface area contributed by atoms with Gasteiger partial charge in [-0.1, -0.05) is 13.8 Å². The fourth-order valence-corrected chi connectivity index (χ4v) is 0.702. The minimum absolute atomic E-state index is 1.08. The van der Waals surface area contributed by atoms with Crippen LogP contribution in [0.4, 0.5) is 13.2 Å². The number of ether oxygens (including phenoxy) is 1. The monoisotopic (exact) mass is 228 g/mol. The maximum absolute atomic E-state index is 11.6. The summed E-state index contributed by atoms with van der Waals surface area (Å²) in [6.07, 6.45) is -4.60. The number of aliphatic carboxylic acids is 1. The van der Waals surface area contributed by atoms with Gasteiger partial charge in [0.15, 0.2) is 6.61 Å². The fraction of sp³-hybridized carbons (Fsp3) is 0.750. The molecule has 0 aliphatic carbocycles. The summed E-state index contributed by atoms with van der Waals surface area (Å²) in [6, 6.07) is 0. The number of esters is 1. The van der Waals surface area contributed by atoms with Crippen molar-refractivity contribution in [1.82, 2.24) is 0 Å². The van der Waals surface area contributed by atoms with E-state index >= 15 is 0 Å². The van der Waals surface area contributed by atoms with Crippen LogP contribution in [0.1, 0.15) is 13.8 Å². The molecule has 7 heteroatoms. The number of rotatable bonds is 4. The van der Waals surface area contributed by atoms with Crippen molar-refractivity contribution in [3.8, 4) is 0 Å². The Hall–Kier alpha value is -1.27. The molecule has 0 rings (SSSR count). The van der Waals surface area contributed by atoms with Crippen molar-refractivity contribution in [3.63, 3.8) is 0 Å². The summed E-state index contributed by atoms with van der Waals surface area (Å²) in [5.74, 6) is -4.61. The smallest absolute Gasteiger partial charge is 0.422 e. The maximum atomic E-state index is 11.6. The first-order valence-corrected chi connectivity index (χ1v) is 4.11. The number of carbonyl (C=O) groups is 2. The lowest BCUT2D eigenvalue weighted by Crippen LogP contribution is -2.29. The lowest BCUT2D eigenvalue weighted by atomic mass is 9.96. The largest absolute Gasteiger partial charge is 0.481 e. The molecule has 2 atom stereocenters. The van der Waals surface area contributed by atoms with Crippen LogP contribution >= 0.6 is 0 Å². The van der Waals surface area contributed by atoms with E-state index in [1.54, 1.807) is 0 Å². The first kappa shape index (κ1) is 13.7. The van der Waals surface area contributed by atoms with Gasteiger partial charge in [0.2, 0.25) is 0 Å². The van der Waals surface area contributed by atoms with E-state index in [2.05, 4.69) is 4.74 Å². The molecule has 15 heavy (non-hydrogen) atoms. The summed E-state index contributed by atoms with van der Waals surface area (Å²) in [4.78, 5) is 21.4. The summed E-state index contributed by atoms with van der Waals surface area (Å²) >= 11 is 0. The van der Waals surface area contributed by atoms with E-state index in [4.69, 9.17) is 5.11 Å². The van der Waals surface area contributed by atoms with Crippen LogP contribution in [0.2, 0.25) is 0 Å². The molecule has 0 aliphatic heterocycles. The molecule has 0 aliphatic rings. The van der Waals surface area contributed by atoms with Gasteiger partial charge in [0.05, 0.1) is 11.8 Å². The average Bonchev–Trinajstić information content (AvgIpc) is 2.10. The topological polar surface area (TPSA) is 63.6 Å². The predicted molar refractivity (Wildman–Crippen MR) is 43.0 cm³/mol. The van der Waals surface area contributed by atoms with Gasteiger partial charge in [-0.15, -0.1) is 0 Å². The summed E-state index contributed by atoms with van der Waals surface area (Å²) in [7, 11) is 0. The lowest BCUT2D eigenvalue weighted by molar-refractivity contribution is -0.190. The Kier molecular flexibility index (Phi) is 4.57. The van der Waals surface area contributed by atoms with E-state index in [9.17, 15) is 22.8 Å². The zero-order chi connectivity index (χ0) is 12.2. The Labute approximate surface area is 84.0 Å². The molecule has 0 amide bonds. The molecule has 0 saturated heterocycles. The van der Waals surface area contributed by atoms with E-state index in [0.717, 1.165) is 0 Å². The minimum atomic E-state index is -4.60. The Bertz CT molecular complexity index is 249. The first-order valence-electron chi connectivity index (χ1n) is 4.11. The molecule has 1 N–H and O–H groups in total. The summed E-state index contributed by atoms with van der Waals surface area (Å²) in [5.41, 5.74) is 0. The molecule has 4 nitrogen and oxygen atoms in total. The third kappa shape index (κ3) is 5.24. The molecule has 0 saturated carbocycles. The number of carbonyl (C=O) groups excluding carboxylic acids is 1. The van der Waals surface area contributed by atoms with Crippen molar-refractivity contribution in [3.05, 3.63) is 0 Å². The number of halogens is 3. The van der Waals surface area contributed by atoms with Gasteiger partial charge in [0.1, 0.15) is 0 Å². The molecule has 88 valence electrons. The molecule has 0 heterocycles. The number of alkyl halides is 3. The Morgan fingerprint density at radius 2 is 1.73 bits per heavy atom. The van der Waals surface area contributed by atoms with Crippen molar-refractivity contribution in [1.29, 1.82) is 0 Å². The highest BCUT2D eigenvalue weighted by Gasteiger charge is 2.33. The summed E-state index contributed by atoms with van der Waals surface area (Å²) in [5, 5.41) is 8.50. The van der Waals surface area contributed by atoms with Gasteiger partial charge in [0.25, 0.3) is 0 Å². The van der Waals surface area contributed by atoms with Gasteiger partial charge < -0.3 is 9.84 Å². The maximum Gasteiger partial charge on any atom is 0.422 e. The number of carboxylic acids is 1. The van der Waals surface area contributed by atoms with E-state index in [0.29, 0.717) is 0 Å². The Morgan fingerprint density at radius 1 is 1.27 bits per heavy atom. The van der Waals surface area contributed by atoms with Crippen molar-refractivity contribution in [2.75, 3.05) is 6.61 Å². The van der Waals surface area contributed by atoms with Crippen LogP contribution in [0, 0.1) is 11.8 Å². The first-order chi connectivity index (χ1) is 6.65. The molecule has 0 unspecified atom stereocenters. The Morgan fingerprint density at radius 3 is 2.07 bits per heavy atom. The predicted octanol–water partition coefficient (Wildman–Crippen LogP) is 1.45. The van der Waals surface area contributed by atoms with Crippen LogP contribution < -0.4 is 0 Å². The second kappa shape index (κ2) is 4.99. The van der Waals surface area contributed by atoms with Gasteiger partial charge in [-0.25, -0.2) is 0 Å². The summed E-state index contributed by atoms with van der Waals surface area (Å²) in [6.45, 7) is 0.738.